The van der Waals surface area contributed by atoms with Crippen LogP contribution in [0, 0.1) is 0 Å². The summed E-state index contributed by atoms with van der Waals surface area (Å²) in [6, 6.07) is 0. The molecule has 1 N–H and O–H groups in total. The van der Waals surface area contributed by atoms with Gasteiger partial charge in [-0.1, -0.05) is 13.3 Å². The summed E-state index contributed by atoms with van der Waals surface area (Å²) in [7, 11) is 0. The molecule has 5 heteroatoms. The lowest BCUT2D eigenvalue weighted by molar-refractivity contribution is -0.138. The van der Waals surface area contributed by atoms with Crippen LogP contribution in [0.1, 0.15) is 26.2 Å². The molecule has 0 aromatic carbocycles. The van der Waals surface area contributed by atoms with Gasteiger partial charge in [-0.25, -0.2) is 0 Å². The molecule has 0 bridgehead atoms. The Bertz CT molecular complexity index is 160. The quantitative estimate of drug-likeness (QED) is 0.516. The fourth-order valence-electron chi connectivity index (χ4n) is 0.948. The smallest absolute Gasteiger partial charge is 0.305 e. The molecule has 0 amide bonds. The number of carboxylic acid groups (broad SMARTS) is 1. The van der Waals surface area contributed by atoms with Gasteiger partial charge in [-0.15, -0.1) is 0 Å². The highest BCUT2D eigenvalue weighted by Gasteiger charge is 1.96. The van der Waals surface area contributed by atoms with Gasteiger partial charge in [-0.2, -0.15) is 0 Å². The van der Waals surface area contributed by atoms with E-state index in [9.17, 15) is 4.79 Å². The van der Waals surface area contributed by atoms with Crippen LogP contribution in [0.2, 0.25) is 0 Å². The van der Waals surface area contributed by atoms with Gasteiger partial charge < -0.3 is 19.3 Å². The topological polar surface area (TPSA) is 65.0 Å². The maximum atomic E-state index is 10.1. The number of aliphatic carboxylic acids is 1. The molecule has 0 aliphatic carbocycles. The zero-order chi connectivity index (χ0) is 12.1. The Morgan fingerprint density at radius 2 is 1.44 bits per heavy atom. The zero-order valence-electron chi connectivity index (χ0n) is 9.94. The van der Waals surface area contributed by atoms with Crippen molar-refractivity contribution in [2.24, 2.45) is 0 Å². The minimum atomic E-state index is -0.842. The lowest BCUT2D eigenvalue weighted by Crippen LogP contribution is -2.11. The molecule has 16 heavy (non-hydrogen) atoms. The number of ether oxygens (including phenoxy) is 3. The Morgan fingerprint density at radius 3 is 1.94 bits per heavy atom. The number of unbranched alkanes of at least 4 members (excludes halogenated alkanes) is 1. The van der Waals surface area contributed by atoms with Crippen molar-refractivity contribution < 1.29 is 24.1 Å². The minimum Gasteiger partial charge on any atom is -0.481 e. The van der Waals surface area contributed by atoms with Gasteiger partial charge >= 0.3 is 5.97 Å². The summed E-state index contributed by atoms with van der Waals surface area (Å²) in [6.07, 6.45) is 2.26. The van der Waals surface area contributed by atoms with Crippen molar-refractivity contribution in [1.29, 1.82) is 0 Å². The predicted octanol–water partition coefficient (Wildman–Crippen LogP) is 1.31. The Balaban J connectivity index is 2.90. The summed E-state index contributed by atoms with van der Waals surface area (Å²) in [6.45, 7) is 5.23. The van der Waals surface area contributed by atoms with E-state index >= 15 is 0 Å². The molecule has 0 aliphatic heterocycles. The van der Waals surface area contributed by atoms with E-state index in [1.165, 1.54) is 0 Å². The number of carbonyl (C=O) groups is 1. The van der Waals surface area contributed by atoms with E-state index in [-0.39, 0.29) is 13.0 Å². The standard InChI is InChI=1S/C11H22O5/c1-2-3-5-14-7-9-16-10-8-15-6-4-11(12)13/h2-10H2,1H3,(H,12,13). The van der Waals surface area contributed by atoms with Crippen molar-refractivity contribution in [3.63, 3.8) is 0 Å². The first kappa shape index (κ1) is 15.3. The van der Waals surface area contributed by atoms with Gasteiger partial charge in [-0.3, -0.25) is 4.79 Å². The van der Waals surface area contributed by atoms with Gasteiger partial charge in [0.15, 0.2) is 0 Å². The third-order valence-electron chi connectivity index (χ3n) is 1.85. The Morgan fingerprint density at radius 1 is 0.938 bits per heavy atom. The van der Waals surface area contributed by atoms with E-state index in [0.717, 1.165) is 19.4 Å². The molecule has 5 nitrogen and oxygen atoms in total. The first-order chi connectivity index (χ1) is 7.77. The fraction of sp³-hybridized carbons (Fsp3) is 0.909. The van der Waals surface area contributed by atoms with Gasteiger partial charge in [0.05, 0.1) is 39.5 Å². The van der Waals surface area contributed by atoms with Crippen molar-refractivity contribution in [3.8, 4) is 0 Å². The maximum absolute atomic E-state index is 10.1. The van der Waals surface area contributed by atoms with E-state index in [1.54, 1.807) is 0 Å². The summed E-state index contributed by atoms with van der Waals surface area (Å²) < 4.78 is 15.6. The molecule has 0 spiro atoms. The van der Waals surface area contributed by atoms with Crippen LogP contribution in [0.4, 0.5) is 0 Å². The van der Waals surface area contributed by atoms with Crippen molar-refractivity contribution in [1.82, 2.24) is 0 Å². The first-order valence-electron chi connectivity index (χ1n) is 5.72. The molecule has 0 fully saturated rings. The first-order valence-corrected chi connectivity index (χ1v) is 5.72. The van der Waals surface area contributed by atoms with E-state index in [1.807, 2.05) is 0 Å². The average molecular weight is 234 g/mol. The van der Waals surface area contributed by atoms with Crippen molar-refractivity contribution in [2.75, 3.05) is 39.6 Å². The molecule has 0 aliphatic rings. The van der Waals surface area contributed by atoms with E-state index in [4.69, 9.17) is 19.3 Å². The second-order valence-corrected chi connectivity index (χ2v) is 3.33. The normalized spacial score (nSPS) is 10.6. The Labute approximate surface area is 96.7 Å². The van der Waals surface area contributed by atoms with Crippen LogP contribution in [-0.2, 0) is 19.0 Å². The molecule has 0 saturated heterocycles. The van der Waals surface area contributed by atoms with Gasteiger partial charge in [0.25, 0.3) is 0 Å². The third kappa shape index (κ3) is 13.4. The molecular formula is C11H22O5. The Kier molecular flexibility index (Phi) is 11.9. The highest BCUT2D eigenvalue weighted by molar-refractivity contribution is 5.66. The molecule has 0 rings (SSSR count). The lowest BCUT2D eigenvalue weighted by Gasteiger charge is -2.05. The molecule has 0 atom stereocenters. The number of carboxylic acids is 1. The van der Waals surface area contributed by atoms with Gasteiger partial charge in [-0.05, 0) is 6.42 Å². The number of rotatable bonds is 12. The number of hydrogen-bond acceptors (Lipinski definition) is 4. The van der Waals surface area contributed by atoms with Gasteiger partial charge in [0.1, 0.15) is 0 Å². The minimum absolute atomic E-state index is 0.0418. The summed E-state index contributed by atoms with van der Waals surface area (Å²) in [5, 5.41) is 8.33. The molecule has 0 aromatic rings. The van der Waals surface area contributed by atoms with Crippen LogP contribution in [0.5, 0.6) is 0 Å². The van der Waals surface area contributed by atoms with Gasteiger partial charge in [0.2, 0.25) is 0 Å². The fourth-order valence-corrected chi connectivity index (χ4v) is 0.948. The molecule has 0 heterocycles. The average Bonchev–Trinajstić information content (AvgIpc) is 2.25. The molecule has 96 valence electrons. The lowest BCUT2D eigenvalue weighted by atomic mass is 10.4. The van der Waals surface area contributed by atoms with Crippen molar-refractivity contribution in [2.45, 2.75) is 26.2 Å². The monoisotopic (exact) mass is 234 g/mol. The molecular weight excluding hydrogens is 212 g/mol. The Hall–Kier alpha value is -0.650. The molecule has 0 aromatic heterocycles. The predicted molar refractivity (Wildman–Crippen MR) is 59.6 cm³/mol. The summed E-state index contributed by atoms with van der Waals surface area (Å²) in [5.74, 6) is -0.842. The van der Waals surface area contributed by atoms with Crippen LogP contribution in [0.15, 0.2) is 0 Å². The van der Waals surface area contributed by atoms with Crippen LogP contribution >= 0.6 is 0 Å². The van der Waals surface area contributed by atoms with Crippen LogP contribution < -0.4 is 0 Å². The second-order valence-electron chi connectivity index (χ2n) is 3.33. The second kappa shape index (κ2) is 12.4. The van der Waals surface area contributed by atoms with Crippen LogP contribution in [0.3, 0.4) is 0 Å². The summed E-state index contributed by atoms with van der Waals surface area (Å²) in [4.78, 5) is 10.1. The SMILES string of the molecule is CCCCOCCOCCOCCC(=O)O. The van der Waals surface area contributed by atoms with Crippen LogP contribution in [0.25, 0.3) is 0 Å². The van der Waals surface area contributed by atoms with E-state index in [0.29, 0.717) is 26.4 Å². The molecule has 0 saturated carbocycles. The number of hydrogen-bond donors (Lipinski definition) is 1. The maximum Gasteiger partial charge on any atom is 0.305 e. The van der Waals surface area contributed by atoms with Gasteiger partial charge in [0, 0.05) is 6.61 Å². The van der Waals surface area contributed by atoms with Crippen molar-refractivity contribution >= 4 is 5.97 Å². The highest BCUT2D eigenvalue weighted by Crippen LogP contribution is 1.88. The summed E-state index contributed by atoms with van der Waals surface area (Å²) >= 11 is 0. The zero-order valence-corrected chi connectivity index (χ0v) is 9.94. The third-order valence-corrected chi connectivity index (χ3v) is 1.85. The van der Waals surface area contributed by atoms with Crippen molar-refractivity contribution in [3.05, 3.63) is 0 Å². The molecule has 0 unspecified atom stereocenters. The van der Waals surface area contributed by atoms with E-state index in [2.05, 4.69) is 6.92 Å². The molecule has 0 radical (unpaired) electrons. The largest absolute Gasteiger partial charge is 0.481 e. The van der Waals surface area contributed by atoms with E-state index < -0.39 is 5.97 Å². The van der Waals surface area contributed by atoms with Crippen LogP contribution in [-0.4, -0.2) is 50.7 Å². The summed E-state index contributed by atoms with van der Waals surface area (Å²) in [5.41, 5.74) is 0. The highest BCUT2D eigenvalue weighted by atomic mass is 16.5.